The van der Waals surface area contributed by atoms with Gasteiger partial charge in [-0.25, -0.2) is 17.9 Å². The lowest BCUT2D eigenvalue weighted by Gasteiger charge is -2.07. The summed E-state index contributed by atoms with van der Waals surface area (Å²) in [7, 11) is -2.35. The molecule has 0 aliphatic heterocycles. The summed E-state index contributed by atoms with van der Waals surface area (Å²) in [4.78, 5) is 23.2. The molecule has 8 heteroatoms. The molecule has 1 fully saturated rings. The maximum Gasteiger partial charge on any atom is 0.338 e. The third-order valence-corrected chi connectivity index (χ3v) is 4.34. The summed E-state index contributed by atoms with van der Waals surface area (Å²) in [6.45, 7) is -0.377. The number of hydrogen-bond acceptors (Lipinski definition) is 5. The van der Waals surface area contributed by atoms with E-state index in [2.05, 4.69) is 10.0 Å². The van der Waals surface area contributed by atoms with Crippen molar-refractivity contribution in [3.05, 3.63) is 29.8 Å². The lowest BCUT2D eigenvalue weighted by atomic mass is 10.2. The lowest BCUT2D eigenvalue weighted by Crippen LogP contribution is -2.30. The van der Waals surface area contributed by atoms with Crippen molar-refractivity contribution in [3.8, 4) is 0 Å². The van der Waals surface area contributed by atoms with E-state index in [1.165, 1.54) is 31.3 Å². The van der Waals surface area contributed by atoms with Crippen LogP contribution in [-0.2, 0) is 19.6 Å². The van der Waals surface area contributed by atoms with Gasteiger partial charge in [-0.1, -0.05) is 6.07 Å². The van der Waals surface area contributed by atoms with Crippen LogP contribution < -0.4 is 10.0 Å². The molecule has 1 aromatic rings. The molecule has 114 valence electrons. The second-order valence-electron chi connectivity index (χ2n) is 4.65. The lowest BCUT2D eigenvalue weighted by molar-refractivity contribution is -0.124. The van der Waals surface area contributed by atoms with E-state index in [1.54, 1.807) is 0 Å². The molecule has 0 heterocycles. The third-order valence-electron chi connectivity index (χ3n) is 2.93. The summed E-state index contributed by atoms with van der Waals surface area (Å²) in [5.41, 5.74) is 0.0746. The minimum atomic E-state index is -3.63. The zero-order valence-electron chi connectivity index (χ0n) is 11.5. The van der Waals surface area contributed by atoms with Crippen LogP contribution in [0.3, 0.4) is 0 Å². The molecular weight excluding hydrogens is 296 g/mol. The number of amides is 1. The summed E-state index contributed by atoms with van der Waals surface area (Å²) in [6, 6.07) is 5.62. The Labute approximate surface area is 122 Å². The molecule has 1 aromatic carbocycles. The first-order valence-corrected chi connectivity index (χ1v) is 7.91. The smallest absolute Gasteiger partial charge is 0.338 e. The Morgan fingerprint density at radius 3 is 2.67 bits per heavy atom. The number of rotatable bonds is 6. The van der Waals surface area contributed by atoms with Crippen molar-refractivity contribution in [2.24, 2.45) is 0 Å². The van der Waals surface area contributed by atoms with E-state index >= 15 is 0 Å². The maximum absolute atomic E-state index is 11.8. The highest BCUT2D eigenvalue weighted by molar-refractivity contribution is 7.89. The van der Waals surface area contributed by atoms with Crippen molar-refractivity contribution in [3.63, 3.8) is 0 Å². The molecule has 2 rings (SSSR count). The quantitative estimate of drug-likeness (QED) is 0.722. The van der Waals surface area contributed by atoms with Crippen molar-refractivity contribution in [1.82, 2.24) is 10.0 Å². The zero-order chi connectivity index (χ0) is 15.5. The van der Waals surface area contributed by atoms with Crippen LogP contribution in [0.4, 0.5) is 0 Å². The Bertz CT molecular complexity index is 652. The van der Waals surface area contributed by atoms with Gasteiger partial charge >= 0.3 is 5.97 Å². The number of benzene rings is 1. The number of carbonyl (C=O) groups is 2. The highest BCUT2D eigenvalue weighted by atomic mass is 32.2. The maximum atomic E-state index is 11.8. The van der Waals surface area contributed by atoms with E-state index in [0.29, 0.717) is 0 Å². The van der Waals surface area contributed by atoms with Crippen LogP contribution in [0.25, 0.3) is 0 Å². The Morgan fingerprint density at radius 2 is 2.05 bits per heavy atom. The van der Waals surface area contributed by atoms with Gasteiger partial charge in [-0.2, -0.15) is 0 Å². The molecule has 0 bridgehead atoms. The minimum absolute atomic E-state index is 0.0399. The van der Waals surface area contributed by atoms with E-state index in [1.807, 2.05) is 0 Å². The molecule has 0 aromatic heterocycles. The Kier molecular flexibility index (Phi) is 4.59. The van der Waals surface area contributed by atoms with Crippen LogP contribution >= 0.6 is 0 Å². The standard InChI is InChI=1S/C13H16N2O5S/c1-14-21(18,19)11-4-2-3-9(7-11)13(17)20-8-12(16)15-10-5-6-10/h2-4,7,10,14H,5-6,8H2,1H3,(H,15,16). The molecule has 0 saturated heterocycles. The first-order valence-electron chi connectivity index (χ1n) is 6.42. The van der Waals surface area contributed by atoms with Crippen molar-refractivity contribution in [2.45, 2.75) is 23.8 Å². The largest absolute Gasteiger partial charge is 0.452 e. The number of sulfonamides is 1. The monoisotopic (exact) mass is 312 g/mol. The van der Waals surface area contributed by atoms with Gasteiger partial charge in [0.15, 0.2) is 6.61 Å². The zero-order valence-corrected chi connectivity index (χ0v) is 12.3. The van der Waals surface area contributed by atoms with Crippen LogP contribution in [0.5, 0.6) is 0 Å². The van der Waals surface area contributed by atoms with E-state index in [9.17, 15) is 18.0 Å². The highest BCUT2D eigenvalue weighted by Crippen LogP contribution is 2.18. The van der Waals surface area contributed by atoms with Crippen LogP contribution in [0.2, 0.25) is 0 Å². The number of nitrogens with one attached hydrogen (secondary N) is 2. The normalized spacial score (nSPS) is 14.5. The molecule has 1 aliphatic rings. The average molecular weight is 312 g/mol. The number of ether oxygens (including phenoxy) is 1. The molecule has 1 saturated carbocycles. The topological polar surface area (TPSA) is 102 Å². The van der Waals surface area contributed by atoms with Gasteiger partial charge in [0.2, 0.25) is 10.0 Å². The first-order chi connectivity index (χ1) is 9.92. The van der Waals surface area contributed by atoms with Gasteiger partial charge in [0.1, 0.15) is 0 Å². The minimum Gasteiger partial charge on any atom is -0.452 e. The second kappa shape index (κ2) is 6.23. The SMILES string of the molecule is CNS(=O)(=O)c1cccc(C(=O)OCC(=O)NC2CC2)c1. The molecule has 0 unspecified atom stereocenters. The Balaban J connectivity index is 1.98. The number of esters is 1. The van der Waals surface area contributed by atoms with Gasteiger partial charge in [-0.3, -0.25) is 4.79 Å². The summed E-state index contributed by atoms with van der Waals surface area (Å²) in [5, 5.41) is 2.68. The molecule has 0 spiro atoms. The predicted molar refractivity (Wildman–Crippen MR) is 74.1 cm³/mol. The van der Waals surface area contributed by atoms with E-state index in [4.69, 9.17) is 4.74 Å². The van der Waals surface area contributed by atoms with Crippen LogP contribution in [0.15, 0.2) is 29.2 Å². The van der Waals surface area contributed by atoms with Gasteiger partial charge in [0.25, 0.3) is 5.91 Å². The van der Waals surface area contributed by atoms with Gasteiger partial charge in [-0.05, 0) is 38.1 Å². The fraction of sp³-hybridized carbons (Fsp3) is 0.385. The summed E-state index contributed by atoms with van der Waals surface area (Å²) in [6.07, 6.45) is 1.90. The van der Waals surface area contributed by atoms with E-state index < -0.39 is 16.0 Å². The fourth-order valence-electron chi connectivity index (χ4n) is 1.62. The van der Waals surface area contributed by atoms with Crippen LogP contribution in [-0.4, -0.2) is 40.0 Å². The van der Waals surface area contributed by atoms with Gasteiger partial charge < -0.3 is 10.1 Å². The number of carbonyl (C=O) groups excluding carboxylic acids is 2. The molecule has 7 nitrogen and oxygen atoms in total. The van der Waals surface area contributed by atoms with Crippen LogP contribution in [0.1, 0.15) is 23.2 Å². The summed E-state index contributed by atoms with van der Waals surface area (Å²) in [5.74, 6) is -1.10. The molecule has 2 N–H and O–H groups in total. The molecule has 0 radical (unpaired) electrons. The van der Waals surface area contributed by atoms with Crippen molar-refractivity contribution >= 4 is 21.9 Å². The Morgan fingerprint density at radius 1 is 1.33 bits per heavy atom. The molecular formula is C13H16N2O5S. The van der Waals surface area contributed by atoms with Gasteiger partial charge in [-0.15, -0.1) is 0 Å². The molecule has 0 atom stereocenters. The molecule has 1 amide bonds. The summed E-state index contributed by atoms with van der Waals surface area (Å²) >= 11 is 0. The van der Waals surface area contributed by atoms with E-state index in [-0.39, 0.29) is 29.0 Å². The first kappa shape index (κ1) is 15.5. The number of hydrogen-bond donors (Lipinski definition) is 2. The molecule has 21 heavy (non-hydrogen) atoms. The predicted octanol–water partition coefficient (Wildman–Crippen LogP) is 0.0301. The average Bonchev–Trinajstić information content (AvgIpc) is 3.28. The Hall–Kier alpha value is -1.93. The van der Waals surface area contributed by atoms with E-state index in [0.717, 1.165) is 12.8 Å². The van der Waals surface area contributed by atoms with Crippen molar-refractivity contribution in [1.29, 1.82) is 0 Å². The summed E-state index contributed by atoms with van der Waals surface area (Å²) < 4.78 is 30.3. The van der Waals surface area contributed by atoms with Crippen molar-refractivity contribution < 1.29 is 22.7 Å². The second-order valence-corrected chi connectivity index (χ2v) is 6.54. The van der Waals surface area contributed by atoms with Gasteiger partial charge in [0, 0.05) is 6.04 Å². The van der Waals surface area contributed by atoms with Crippen LogP contribution in [0, 0.1) is 0 Å². The fourth-order valence-corrected chi connectivity index (χ4v) is 2.40. The third kappa shape index (κ3) is 4.27. The van der Waals surface area contributed by atoms with Crippen molar-refractivity contribution in [2.75, 3.05) is 13.7 Å². The highest BCUT2D eigenvalue weighted by Gasteiger charge is 2.23. The molecule has 1 aliphatic carbocycles. The van der Waals surface area contributed by atoms with Gasteiger partial charge in [0.05, 0.1) is 10.5 Å².